The Hall–Kier alpha value is -1.73. The highest BCUT2D eigenvalue weighted by Gasteiger charge is 2.50. The molecule has 3 N–H and O–H groups in total. The van der Waals surface area contributed by atoms with Crippen LogP contribution in [0.15, 0.2) is 0 Å². The number of ketones is 1. The maximum Gasteiger partial charge on any atom is 0.243 e. The van der Waals surface area contributed by atoms with Crippen LogP contribution in [0.4, 0.5) is 0 Å². The molecule has 1 rings (SSSR count). The lowest BCUT2D eigenvalue weighted by Crippen LogP contribution is -2.52. The molecule has 0 saturated carbocycles. The summed E-state index contributed by atoms with van der Waals surface area (Å²) in [5.74, 6) is -0.152. The second-order valence-electron chi connectivity index (χ2n) is 10.4. The molecule has 0 unspecified atom stereocenters. The van der Waals surface area contributed by atoms with E-state index in [0.717, 1.165) is 0 Å². The third-order valence-electron chi connectivity index (χ3n) is 5.65. The van der Waals surface area contributed by atoms with E-state index in [1.807, 2.05) is 27.7 Å². The summed E-state index contributed by atoms with van der Waals surface area (Å²) in [5.41, 5.74) is -0.842. The molecule has 0 aliphatic carbocycles. The third-order valence-corrected chi connectivity index (χ3v) is 6.57. The van der Waals surface area contributed by atoms with Crippen molar-refractivity contribution in [3.05, 3.63) is 0 Å². The minimum Gasteiger partial charge on any atom is -0.382 e. The van der Waals surface area contributed by atoms with E-state index in [0.29, 0.717) is 58.2 Å². The van der Waals surface area contributed by atoms with E-state index in [4.69, 9.17) is 18.9 Å². The summed E-state index contributed by atoms with van der Waals surface area (Å²) in [6.45, 7) is 12.1. The minimum atomic E-state index is -0.842. The number of epoxide rings is 1. The maximum atomic E-state index is 12.8. The zero-order chi connectivity index (χ0) is 28.6. The number of carbonyl (C=O) groups excluding carboxylic acids is 4. The molecule has 1 saturated heterocycles. The Labute approximate surface area is 231 Å². The van der Waals surface area contributed by atoms with E-state index in [1.54, 1.807) is 14.0 Å². The molecule has 3 atom stereocenters. The smallest absolute Gasteiger partial charge is 0.243 e. The van der Waals surface area contributed by atoms with Gasteiger partial charge in [-0.25, -0.2) is 0 Å². The fourth-order valence-electron chi connectivity index (χ4n) is 3.54. The van der Waals surface area contributed by atoms with Gasteiger partial charge in [-0.1, -0.05) is 27.7 Å². The van der Waals surface area contributed by atoms with Crippen LogP contribution < -0.4 is 16.0 Å². The van der Waals surface area contributed by atoms with Gasteiger partial charge in [0.05, 0.1) is 58.0 Å². The monoisotopic (exact) mass is 561 g/mol. The van der Waals surface area contributed by atoms with Gasteiger partial charge in [-0.05, 0) is 31.6 Å². The molecule has 0 aromatic rings. The van der Waals surface area contributed by atoms with Gasteiger partial charge in [0.1, 0.15) is 11.6 Å². The van der Waals surface area contributed by atoms with Crippen LogP contribution in [0.1, 0.15) is 47.5 Å². The molecular formula is C26H47N3O8S. The first-order valence-electron chi connectivity index (χ1n) is 13.2. The first-order valence-corrected chi connectivity index (χ1v) is 14.4. The first-order chi connectivity index (χ1) is 18.0. The molecule has 0 spiro atoms. The fourth-order valence-corrected chi connectivity index (χ4v) is 4.19. The molecule has 11 nitrogen and oxygen atoms in total. The lowest BCUT2D eigenvalue weighted by Gasteiger charge is -2.22. The van der Waals surface area contributed by atoms with Crippen molar-refractivity contribution < 1.29 is 38.1 Å². The number of ether oxygens (including phenoxy) is 4. The standard InChI is InChI=1S/C26H47N3O8S/c1-18(2)13-20(24(32)26(5)17-37-26)28-22(30)15-27-25(33)21(14-19(3)4)29-23(31)16-38-12-11-36-10-9-35-8-7-34-6/h18-21H,7-17H2,1-6H3,(H,27,33)(H,28,30)(H,29,31)/t20-,21-,26+/m0/s1. The average molecular weight is 562 g/mol. The Morgan fingerprint density at radius 3 is 2.00 bits per heavy atom. The molecule has 12 heteroatoms. The van der Waals surface area contributed by atoms with E-state index < -0.39 is 29.5 Å². The molecule has 0 aromatic heterocycles. The minimum absolute atomic E-state index is 0.152. The van der Waals surface area contributed by atoms with Gasteiger partial charge >= 0.3 is 0 Å². The highest BCUT2D eigenvalue weighted by Crippen LogP contribution is 2.29. The van der Waals surface area contributed by atoms with Gasteiger partial charge in [-0.3, -0.25) is 19.2 Å². The molecule has 0 bridgehead atoms. The van der Waals surface area contributed by atoms with Crippen molar-refractivity contribution in [2.45, 2.75) is 65.1 Å². The van der Waals surface area contributed by atoms with Crippen molar-refractivity contribution in [3.8, 4) is 0 Å². The predicted octanol–water partition coefficient (Wildman–Crippen LogP) is 0.935. The second kappa shape index (κ2) is 18.5. The van der Waals surface area contributed by atoms with Gasteiger partial charge in [0.2, 0.25) is 17.7 Å². The summed E-state index contributed by atoms with van der Waals surface area (Å²) in [4.78, 5) is 50.5. The Morgan fingerprint density at radius 2 is 1.42 bits per heavy atom. The number of hydrogen-bond acceptors (Lipinski definition) is 9. The van der Waals surface area contributed by atoms with Crippen molar-refractivity contribution >= 4 is 35.3 Å². The van der Waals surface area contributed by atoms with Crippen LogP contribution in [0, 0.1) is 11.8 Å². The lowest BCUT2D eigenvalue weighted by molar-refractivity contribution is -0.132. The summed E-state index contributed by atoms with van der Waals surface area (Å²) >= 11 is 1.41. The Morgan fingerprint density at radius 1 is 0.868 bits per heavy atom. The summed E-state index contributed by atoms with van der Waals surface area (Å²) < 4.78 is 20.9. The van der Waals surface area contributed by atoms with Gasteiger partial charge < -0.3 is 34.9 Å². The van der Waals surface area contributed by atoms with Crippen LogP contribution in [0.2, 0.25) is 0 Å². The van der Waals surface area contributed by atoms with Crippen LogP contribution in [0.3, 0.4) is 0 Å². The first kappa shape index (κ1) is 34.3. The summed E-state index contributed by atoms with van der Waals surface area (Å²) in [6, 6.07) is -1.44. The zero-order valence-corrected chi connectivity index (χ0v) is 24.6. The largest absolute Gasteiger partial charge is 0.382 e. The molecule has 3 amide bonds. The van der Waals surface area contributed by atoms with Crippen molar-refractivity contribution in [1.82, 2.24) is 16.0 Å². The third kappa shape index (κ3) is 15.0. The Kier molecular flexibility index (Phi) is 16.7. The molecular weight excluding hydrogens is 514 g/mol. The molecule has 0 aromatic carbocycles. The van der Waals surface area contributed by atoms with Crippen LogP contribution in [0.25, 0.3) is 0 Å². The zero-order valence-electron chi connectivity index (χ0n) is 23.8. The van der Waals surface area contributed by atoms with E-state index in [-0.39, 0.29) is 35.8 Å². The van der Waals surface area contributed by atoms with Crippen molar-refractivity contribution in [2.75, 3.05) is 64.8 Å². The van der Waals surface area contributed by atoms with Crippen molar-refractivity contribution in [1.29, 1.82) is 0 Å². The average Bonchev–Trinajstić information content (AvgIpc) is 3.60. The molecule has 1 fully saturated rings. The molecule has 1 heterocycles. The van der Waals surface area contributed by atoms with E-state index in [9.17, 15) is 19.2 Å². The van der Waals surface area contributed by atoms with Gasteiger partial charge in [-0.15, -0.1) is 11.8 Å². The highest BCUT2D eigenvalue weighted by molar-refractivity contribution is 7.99. The van der Waals surface area contributed by atoms with Crippen LogP contribution >= 0.6 is 11.8 Å². The summed E-state index contributed by atoms with van der Waals surface area (Å²) in [5, 5.41) is 8.10. The van der Waals surface area contributed by atoms with Gasteiger partial charge in [0, 0.05) is 12.9 Å². The van der Waals surface area contributed by atoms with Crippen molar-refractivity contribution in [2.24, 2.45) is 11.8 Å². The number of amides is 3. The highest BCUT2D eigenvalue weighted by atomic mass is 32.2. The molecule has 0 radical (unpaired) electrons. The van der Waals surface area contributed by atoms with Gasteiger partial charge in [0.25, 0.3) is 0 Å². The Bertz CT molecular complexity index is 746. The number of Topliss-reactive ketones (excluding diaryl/α,β-unsaturated/α-hetero) is 1. The number of rotatable bonds is 22. The van der Waals surface area contributed by atoms with Gasteiger partial charge in [0.15, 0.2) is 5.78 Å². The van der Waals surface area contributed by atoms with E-state index >= 15 is 0 Å². The quantitative estimate of drug-likeness (QED) is 0.130. The molecule has 1 aliphatic heterocycles. The van der Waals surface area contributed by atoms with Crippen LogP contribution in [-0.4, -0.2) is 106 Å². The maximum absolute atomic E-state index is 12.8. The normalized spacial score (nSPS) is 18.2. The van der Waals surface area contributed by atoms with Crippen LogP contribution in [0.5, 0.6) is 0 Å². The number of carbonyl (C=O) groups is 4. The second-order valence-corrected chi connectivity index (χ2v) is 11.5. The van der Waals surface area contributed by atoms with Crippen molar-refractivity contribution in [3.63, 3.8) is 0 Å². The van der Waals surface area contributed by atoms with Gasteiger partial charge in [-0.2, -0.15) is 0 Å². The number of nitrogens with one attached hydrogen (secondary N) is 3. The van der Waals surface area contributed by atoms with E-state index in [2.05, 4.69) is 16.0 Å². The van der Waals surface area contributed by atoms with Crippen LogP contribution in [-0.2, 0) is 38.1 Å². The SMILES string of the molecule is COCCOCCOCCSCC(=O)N[C@@H](CC(C)C)C(=O)NCC(=O)N[C@@H](CC(C)C)C(=O)[C@@]1(C)CO1. The fraction of sp³-hybridized carbons (Fsp3) is 0.846. The predicted molar refractivity (Wildman–Crippen MR) is 146 cm³/mol. The lowest BCUT2D eigenvalue weighted by atomic mass is 9.93. The number of thioether (sulfide) groups is 1. The summed E-state index contributed by atoms with van der Waals surface area (Å²) in [7, 11) is 1.62. The number of hydrogen-bond donors (Lipinski definition) is 3. The molecule has 1 aliphatic rings. The topological polar surface area (TPSA) is 145 Å². The van der Waals surface area contributed by atoms with E-state index in [1.165, 1.54) is 11.8 Å². The molecule has 38 heavy (non-hydrogen) atoms. The Balaban J connectivity index is 2.40. The number of methoxy groups -OCH3 is 1. The molecule has 220 valence electrons. The summed E-state index contributed by atoms with van der Waals surface area (Å²) in [6.07, 6.45) is 0.911.